The molecule has 0 spiro atoms. The molecule has 17 heavy (non-hydrogen) atoms. The highest BCUT2D eigenvalue weighted by atomic mass is 15.2. The molecule has 1 N–H and O–H groups in total. The first-order chi connectivity index (χ1) is 8.08. The van der Waals surface area contributed by atoms with Gasteiger partial charge in [-0.25, -0.2) is 9.97 Å². The maximum atomic E-state index is 4.40. The van der Waals surface area contributed by atoms with E-state index >= 15 is 0 Å². The second kappa shape index (κ2) is 3.45. The number of aromatic nitrogens is 3. The van der Waals surface area contributed by atoms with Crippen molar-refractivity contribution >= 4 is 16.9 Å². The van der Waals surface area contributed by atoms with E-state index in [9.17, 15) is 0 Å². The van der Waals surface area contributed by atoms with Crippen molar-refractivity contribution in [1.29, 1.82) is 0 Å². The van der Waals surface area contributed by atoms with Crippen molar-refractivity contribution < 1.29 is 0 Å². The molecule has 2 aromatic rings. The summed E-state index contributed by atoms with van der Waals surface area (Å²) in [6, 6.07) is 2.04. The third-order valence-electron chi connectivity index (χ3n) is 3.91. The minimum Gasteiger partial charge on any atom is -0.359 e. The summed E-state index contributed by atoms with van der Waals surface area (Å²) in [5, 5.41) is 1.11. The van der Waals surface area contributed by atoms with Gasteiger partial charge in [-0.05, 0) is 23.8 Å². The standard InChI is InChI=1S/C13H18N4/c1-13(2)6-9(13)7-17(3)12-10-4-5-14-11(10)15-8-16-12/h4-5,8-9H,6-7H2,1-3H3,(H,14,15,16). The van der Waals surface area contributed by atoms with Gasteiger partial charge in [-0.1, -0.05) is 13.8 Å². The summed E-state index contributed by atoms with van der Waals surface area (Å²) in [4.78, 5) is 14.0. The third kappa shape index (κ3) is 1.77. The summed E-state index contributed by atoms with van der Waals surface area (Å²) in [6.07, 6.45) is 4.86. The van der Waals surface area contributed by atoms with Crippen LogP contribution in [0.1, 0.15) is 20.3 Å². The molecule has 1 atom stereocenters. The van der Waals surface area contributed by atoms with Crippen LogP contribution >= 0.6 is 0 Å². The van der Waals surface area contributed by atoms with E-state index in [2.05, 4.69) is 40.7 Å². The second-order valence-electron chi connectivity index (χ2n) is 5.71. The summed E-state index contributed by atoms with van der Waals surface area (Å²) in [5.41, 5.74) is 1.43. The summed E-state index contributed by atoms with van der Waals surface area (Å²) in [6.45, 7) is 5.74. The maximum Gasteiger partial charge on any atom is 0.142 e. The van der Waals surface area contributed by atoms with Crippen LogP contribution in [0.5, 0.6) is 0 Å². The molecule has 3 rings (SSSR count). The number of fused-ring (bicyclic) bond motifs is 1. The molecule has 4 heteroatoms. The largest absolute Gasteiger partial charge is 0.359 e. The van der Waals surface area contributed by atoms with Crippen molar-refractivity contribution in [2.75, 3.05) is 18.5 Å². The zero-order chi connectivity index (χ0) is 12.0. The highest BCUT2D eigenvalue weighted by Crippen LogP contribution is 2.52. The maximum absolute atomic E-state index is 4.40. The van der Waals surface area contributed by atoms with Gasteiger partial charge < -0.3 is 9.88 Å². The lowest BCUT2D eigenvalue weighted by molar-refractivity contribution is 0.556. The van der Waals surface area contributed by atoms with Crippen LogP contribution in [0.4, 0.5) is 5.82 Å². The molecule has 2 heterocycles. The topological polar surface area (TPSA) is 44.8 Å². The van der Waals surface area contributed by atoms with Crippen LogP contribution in [0.3, 0.4) is 0 Å². The van der Waals surface area contributed by atoms with Crippen molar-refractivity contribution in [3.05, 3.63) is 18.6 Å². The van der Waals surface area contributed by atoms with E-state index in [4.69, 9.17) is 0 Å². The number of hydrogen-bond acceptors (Lipinski definition) is 3. The minimum absolute atomic E-state index is 0.512. The molecule has 1 aliphatic rings. The van der Waals surface area contributed by atoms with Crippen molar-refractivity contribution in [2.24, 2.45) is 11.3 Å². The monoisotopic (exact) mass is 230 g/mol. The van der Waals surface area contributed by atoms with Crippen molar-refractivity contribution in [2.45, 2.75) is 20.3 Å². The molecule has 1 fully saturated rings. The lowest BCUT2D eigenvalue weighted by atomic mass is 10.1. The lowest BCUT2D eigenvalue weighted by Gasteiger charge is -2.19. The second-order valence-corrected chi connectivity index (χ2v) is 5.71. The molecule has 1 unspecified atom stereocenters. The van der Waals surface area contributed by atoms with E-state index in [1.165, 1.54) is 6.42 Å². The third-order valence-corrected chi connectivity index (χ3v) is 3.91. The van der Waals surface area contributed by atoms with Gasteiger partial charge in [0, 0.05) is 19.8 Å². The molecule has 0 bridgehead atoms. The van der Waals surface area contributed by atoms with E-state index < -0.39 is 0 Å². The minimum atomic E-state index is 0.512. The molecule has 90 valence electrons. The molecule has 0 amide bonds. The smallest absolute Gasteiger partial charge is 0.142 e. The van der Waals surface area contributed by atoms with Crippen LogP contribution in [0.25, 0.3) is 11.0 Å². The number of H-pyrrole nitrogens is 1. The Bertz CT molecular complexity index is 543. The Balaban J connectivity index is 1.86. The van der Waals surface area contributed by atoms with Crippen molar-refractivity contribution in [1.82, 2.24) is 15.0 Å². The van der Waals surface area contributed by atoms with Gasteiger partial charge in [-0.3, -0.25) is 0 Å². The number of hydrogen-bond donors (Lipinski definition) is 1. The van der Waals surface area contributed by atoms with Crippen molar-refractivity contribution in [3.8, 4) is 0 Å². The van der Waals surface area contributed by atoms with Crippen LogP contribution in [0.15, 0.2) is 18.6 Å². The van der Waals surface area contributed by atoms with Crippen LogP contribution in [-0.2, 0) is 0 Å². The van der Waals surface area contributed by atoms with E-state index in [0.29, 0.717) is 5.41 Å². The molecule has 0 aliphatic heterocycles. The van der Waals surface area contributed by atoms with Crippen LogP contribution < -0.4 is 4.90 Å². The average molecular weight is 230 g/mol. The molecule has 0 saturated heterocycles. The molecule has 1 aliphatic carbocycles. The van der Waals surface area contributed by atoms with Crippen LogP contribution in [-0.4, -0.2) is 28.5 Å². The zero-order valence-electron chi connectivity index (χ0n) is 10.6. The molecular formula is C13H18N4. The van der Waals surface area contributed by atoms with Gasteiger partial charge in [0.05, 0.1) is 5.39 Å². The van der Waals surface area contributed by atoms with Gasteiger partial charge in [0.2, 0.25) is 0 Å². The van der Waals surface area contributed by atoms with Crippen LogP contribution in [0.2, 0.25) is 0 Å². The van der Waals surface area contributed by atoms with Gasteiger partial charge in [-0.15, -0.1) is 0 Å². The Labute approximate surface area is 101 Å². The zero-order valence-corrected chi connectivity index (χ0v) is 10.6. The number of anilines is 1. The van der Waals surface area contributed by atoms with E-state index in [1.54, 1.807) is 6.33 Å². The first kappa shape index (κ1) is 10.6. The Hall–Kier alpha value is -1.58. The average Bonchev–Trinajstić information content (AvgIpc) is 2.73. The molecule has 0 aromatic carbocycles. The Morgan fingerprint density at radius 1 is 1.47 bits per heavy atom. The Kier molecular flexibility index (Phi) is 2.15. The number of nitrogens with zero attached hydrogens (tertiary/aromatic N) is 3. The first-order valence-corrected chi connectivity index (χ1v) is 6.07. The Morgan fingerprint density at radius 3 is 2.94 bits per heavy atom. The first-order valence-electron chi connectivity index (χ1n) is 6.07. The Morgan fingerprint density at radius 2 is 2.24 bits per heavy atom. The SMILES string of the molecule is CN(CC1CC1(C)C)c1ncnc2[nH]ccc12. The summed E-state index contributed by atoms with van der Waals surface area (Å²) < 4.78 is 0. The number of aromatic amines is 1. The van der Waals surface area contributed by atoms with E-state index in [1.807, 2.05) is 12.3 Å². The quantitative estimate of drug-likeness (QED) is 0.880. The van der Waals surface area contributed by atoms with Gasteiger partial charge in [0.15, 0.2) is 0 Å². The fraction of sp³-hybridized carbons (Fsp3) is 0.538. The lowest BCUT2D eigenvalue weighted by Crippen LogP contribution is -2.22. The summed E-state index contributed by atoms with van der Waals surface area (Å²) >= 11 is 0. The van der Waals surface area contributed by atoms with Gasteiger partial charge in [0.1, 0.15) is 17.8 Å². The number of nitrogens with one attached hydrogen (secondary N) is 1. The summed E-state index contributed by atoms with van der Waals surface area (Å²) in [7, 11) is 2.11. The van der Waals surface area contributed by atoms with Gasteiger partial charge in [-0.2, -0.15) is 0 Å². The van der Waals surface area contributed by atoms with E-state index in [-0.39, 0.29) is 0 Å². The van der Waals surface area contributed by atoms with Crippen molar-refractivity contribution in [3.63, 3.8) is 0 Å². The van der Waals surface area contributed by atoms with Gasteiger partial charge >= 0.3 is 0 Å². The fourth-order valence-corrected chi connectivity index (χ4v) is 2.47. The van der Waals surface area contributed by atoms with Crippen LogP contribution in [0, 0.1) is 11.3 Å². The predicted molar refractivity (Wildman–Crippen MR) is 69.0 cm³/mol. The number of rotatable bonds is 3. The molecule has 0 radical (unpaired) electrons. The highest BCUT2D eigenvalue weighted by Gasteiger charge is 2.45. The predicted octanol–water partition coefficient (Wildman–Crippen LogP) is 2.44. The van der Waals surface area contributed by atoms with E-state index in [0.717, 1.165) is 29.3 Å². The van der Waals surface area contributed by atoms with Gasteiger partial charge in [0.25, 0.3) is 0 Å². The fourth-order valence-electron chi connectivity index (χ4n) is 2.47. The molecular weight excluding hydrogens is 212 g/mol. The molecule has 1 saturated carbocycles. The molecule has 2 aromatic heterocycles. The summed E-state index contributed by atoms with van der Waals surface area (Å²) in [5.74, 6) is 1.82. The highest BCUT2D eigenvalue weighted by molar-refractivity contribution is 5.87. The molecule has 4 nitrogen and oxygen atoms in total. The normalized spacial score (nSPS) is 21.7.